The number of hydrogen-bond donors (Lipinski definition) is 1. The third-order valence-electron chi connectivity index (χ3n) is 1.17. The summed E-state index contributed by atoms with van der Waals surface area (Å²) in [5.74, 6) is 0. The summed E-state index contributed by atoms with van der Waals surface area (Å²) in [7, 11) is 0. The second-order valence-corrected chi connectivity index (χ2v) is 3.05. The third kappa shape index (κ3) is 1.83. The molecule has 2 nitrogen and oxygen atoms in total. The standard InChI is InChI=1S/C7H8N2S/c8-5-6(9)4-7-2-1-3-10-7/h1-3,6H,4,9H2. The molecular weight excluding hydrogens is 144 g/mol. The maximum atomic E-state index is 8.36. The lowest BCUT2D eigenvalue weighted by atomic mass is 10.2. The van der Waals surface area contributed by atoms with Gasteiger partial charge in [-0.05, 0) is 11.4 Å². The first-order valence-electron chi connectivity index (χ1n) is 3.00. The molecule has 1 atom stereocenters. The Labute approximate surface area is 63.9 Å². The number of nitriles is 1. The van der Waals surface area contributed by atoms with Crippen molar-refractivity contribution in [1.82, 2.24) is 0 Å². The first-order valence-corrected chi connectivity index (χ1v) is 3.88. The van der Waals surface area contributed by atoms with Crippen LogP contribution in [0.5, 0.6) is 0 Å². The van der Waals surface area contributed by atoms with Crippen molar-refractivity contribution in [3.63, 3.8) is 0 Å². The molecule has 52 valence electrons. The van der Waals surface area contributed by atoms with Crippen LogP contribution in [0, 0.1) is 11.3 Å². The molecule has 0 bridgehead atoms. The monoisotopic (exact) mass is 152 g/mol. The van der Waals surface area contributed by atoms with Gasteiger partial charge in [0.25, 0.3) is 0 Å². The minimum Gasteiger partial charge on any atom is -0.316 e. The minimum absolute atomic E-state index is 0.348. The van der Waals surface area contributed by atoms with E-state index < -0.39 is 0 Å². The van der Waals surface area contributed by atoms with E-state index in [1.807, 2.05) is 23.6 Å². The molecule has 0 radical (unpaired) electrons. The summed E-state index contributed by atoms with van der Waals surface area (Å²) < 4.78 is 0. The first-order chi connectivity index (χ1) is 4.83. The fraction of sp³-hybridized carbons (Fsp3) is 0.286. The maximum absolute atomic E-state index is 8.36. The molecule has 3 heteroatoms. The van der Waals surface area contributed by atoms with Gasteiger partial charge in [0.2, 0.25) is 0 Å². The molecule has 1 rings (SSSR count). The summed E-state index contributed by atoms with van der Waals surface area (Å²) in [6.07, 6.45) is 0.675. The van der Waals surface area contributed by atoms with Crippen LogP contribution in [0.15, 0.2) is 17.5 Å². The molecule has 0 saturated carbocycles. The van der Waals surface area contributed by atoms with Crippen LogP contribution in [0.2, 0.25) is 0 Å². The normalized spacial score (nSPS) is 12.4. The Morgan fingerprint density at radius 3 is 3.10 bits per heavy atom. The molecule has 0 saturated heterocycles. The van der Waals surface area contributed by atoms with Crippen LogP contribution in [-0.4, -0.2) is 6.04 Å². The third-order valence-corrected chi connectivity index (χ3v) is 2.07. The number of nitrogens with zero attached hydrogens (tertiary/aromatic N) is 1. The molecule has 1 aromatic rings. The largest absolute Gasteiger partial charge is 0.316 e. The number of nitrogens with two attached hydrogens (primary N) is 1. The van der Waals surface area contributed by atoms with Gasteiger partial charge in [0.05, 0.1) is 12.1 Å². The minimum atomic E-state index is -0.348. The molecule has 1 heterocycles. The number of hydrogen-bond acceptors (Lipinski definition) is 3. The van der Waals surface area contributed by atoms with Crippen LogP contribution in [0.1, 0.15) is 4.88 Å². The molecule has 2 N–H and O–H groups in total. The molecule has 0 fully saturated rings. The van der Waals surface area contributed by atoms with Crippen LogP contribution in [0.3, 0.4) is 0 Å². The van der Waals surface area contributed by atoms with Gasteiger partial charge in [-0.3, -0.25) is 0 Å². The average Bonchev–Trinajstić information content (AvgIpc) is 2.40. The lowest BCUT2D eigenvalue weighted by molar-refractivity contribution is 0.834. The fourth-order valence-electron chi connectivity index (χ4n) is 0.691. The second-order valence-electron chi connectivity index (χ2n) is 2.02. The molecule has 0 amide bonds. The van der Waals surface area contributed by atoms with Crippen LogP contribution in [-0.2, 0) is 6.42 Å². The average molecular weight is 152 g/mol. The van der Waals surface area contributed by atoms with Crippen molar-refractivity contribution in [3.05, 3.63) is 22.4 Å². The molecular formula is C7H8N2S. The second kappa shape index (κ2) is 3.35. The Kier molecular flexibility index (Phi) is 2.43. The molecule has 0 aromatic carbocycles. The van der Waals surface area contributed by atoms with E-state index in [1.54, 1.807) is 11.3 Å². The van der Waals surface area contributed by atoms with Crippen LogP contribution in [0.25, 0.3) is 0 Å². The highest BCUT2D eigenvalue weighted by Crippen LogP contribution is 2.09. The van der Waals surface area contributed by atoms with Crippen molar-refractivity contribution in [2.75, 3.05) is 0 Å². The molecule has 0 aliphatic rings. The molecule has 1 aromatic heterocycles. The van der Waals surface area contributed by atoms with Gasteiger partial charge in [0.15, 0.2) is 0 Å². The quantitative estimate of drug-likeness (QED) is 0.691. The SMILES string of the molecule is N#CC(N)Cc1cccs1. The summed E-state index contributed by atoms with van der Waals surface area (Å²) in [5.41, 5.74) is 5.41. The number of thiophene rings is 1. The van der Waals surface area contributed by atoms with Crippen LogP contribution < -0.4 is 5.73 Å². The van der Waals surface area contributed by atoms with Crippen molar-refractivity contribution >= 4 is 11.3 Å². The van der Waals surface area contributed by atoms with Crippen molar-refractivity contribution < 1.29 is 0 Å². The molecule has 0 aliphatic carbocycles. The zero-order chi connectivity index (χ0) is 7.40. The fourth-order valence-corrected chi connectivity index (χ4v) is 1.46. The Bertz CT molecular complexity index is 222. The van der Waals surface area contributed by atoms with Gasteiger partial charge in [0.1, 0.15) is 0 Å². The van der Waals surface area contributed by atoms with Crippen LogP contribution in [0.4, 0.5) is 0 Å². The zero-order valence-electron chi connectivity index (χ0n) is 5.45. The first kappa shape index (κ1) is 7.26. The molecule has 1 unspecified atom stereocenters. The summed E-state index contributed by atoms with van der Waals surface area (Å²) in [6, 6.07) is 5.59. The zero-order valence-corrected chi connectivity index (χ0v) is 6.27. The van der Waals surface area contributed by atoms with E-state index in [4.69, 9.17) is 11.0 Å². The Morgan fingerprint density at radius 2 is 2.60 bits per heavy atom. The topological polar surface area (TPSA) is 49.8 Å². The van der Waals surface area contributed by atoms with Crippen LogP contribution >= 0.6 is 11.3 Å². The van der Waals surface area contributed by atoms with Gasteiger partial charge in [-0.25, -0.2) is 0 Å². The van der Waals surface area contributed by atoms with E-state index in [1.165, 1.54) is 4.88 Å². The van der Waals surface area contributed by atoms with Crippen molar-refractivity contribution in [1.29, 1.82) is 5.26 Å². The summed E-state index contributed by atoms with van der Waals surface area (Å²) in [6.45, 7) is 0. The highest BCUT2D eigenvalue weighted by Gasteiger charge is 2.00. The van der Waals surface area contributed by atoms with E-state index >= 15 is 0 Å². The Morgan fingerprint density at radius 1 is 1.80 bits per heavy atom. The van der Waals surface area contributed by atoms with E-state index in [0.29, 0.717) is 6.42 Å². The Hall–Kier alpha value is -0.850. The summed E-state index contributed by atoms with van der Waals surface area (Å²) >= 11 is 1.64. The molecule has 10 heavy (non-hydrogen) atoms. The van der Waals surface area contributed by atoms with Gasteiger partial charge in [-0.1, -0.05) is 6.07 Å². The van der Waals surface area contributed by atoms with E-state index in [-0.39, 0.29) is 6.04 Å². The van der Waals surface area contributed by atoms with Crippen molar-refractivity contribution in [2.24, 2.45) is 5.73 Å². The molecule has 0 spiro atoms. The number of rotatable bonds is 2. The van der Waals surface area contributed by atoms with Crippen molar-refractivity contribution in [3.8, 4) is 6.07 Å². The highest BCUT2D eigenvalue weighted by molar-refractivity contribution is 7.09. The van der Waals surface area contributed by atoms with Crippen molar-refractivity contribution in [2.45, 2.75) is 12.5 Å². The predicted octanol–water partition coefficient (Wildman–Crippen LogP) is 1.14. The summed E-state index contributed by atoms with van der Waals surface area (Å²) in [4.78, 5) is 1.18. The highest BCUT2D eigenvalue weighted by atomic mass is 32.1. The smallest absolute Gasteiger partial charge is 0.0976 e. The van der Waals surface area contributed by atoms with Gasteiger partial charge in [-0.15, -0.1) is 11.3 Å². The predicted molar refractivity (Wildman–Crippen MR) is 41.6 cm³/mol. The van der Waals surface area contributed by atoms with Gasteiger partial charge in [0, 0.05) is 11.3 Å². The van der Waals surface area contributed by atoms with Gasteiger partial charge >= 0.3 is 0 Å². The van der Waals surface area contributed by atoms with Gasteiger partial charge < -0.3 is 5.73 Å². The van der Waals surface area contributed by atoms with Gasteiger partial charge in [-0.2, -0.15) is 5.26 Å². The lowest BCUT2D eigenvalue weighted by Gasteiger charge is -1.96. The molecule has 0 aliphatic heterocycles. The maximum Gasteiger partial charge on any atom is 0.0976 e. The van der Waals surface area contributed by atoms with E-state index in [0.717, 1.165) is 0 Å². The lowest BCUT2D eigenvalue weighted by Crippen LogP contribution is -2.19. The Balaban J connectivity index is 2.50. The summed E-state index contributed by atoms with van der Waals surface area (Å²) in [5, 5.41) is 10.3. The van der Waals surface area contributed by atoms with E-state index in [9.17, 15) is 0 Å². The van der Waals surface area contributed by atoms with E-state index in [2.05, 4.69) is 0 Å².